The first-order chi connectivity index (χ1) is 14.1. The van der Waals surface area contributed by atoms with Crippen LogP contribution in [0.15, 0.2) is 46.5 Å². The van der Waals surface area contributed by atoms with Gasteiger partial charge in [0.05, 0.1) is 22.8 Å². The summed E-state index contributed by atoms with van der Waals surface area (Å²) in [5.41, 5.74) is 1.82. The van der Waals surface area contributed by atoms with Gasteiger partial charge in [-0.2, -0.15) is 0 Å². The van der Waals surface area contributed by atoms with Gasteiger partial charge in [-0.15, -0.1) is 0 Å². The summed E-state index contributed by atoms with van der Waals surface area (Å²) < 4.78 is 5.63. The van der Waals surface area contributed by atoms with Crippen molar-refractivity contribution < 1.29 is 4.74 Å². The molecule has 2 aliphatic rings. The monoisotopic (exact) mass is 446 g/mol. The number of hydrogen-bond donors (Lipinski definition) is 0. The van der Waals surface area contributed by atoms with Crippen LogP contribution in [-0.2, 0) is 4.74 Å². The zero-order valence-corrected chi connectivity index (χ0v) is 18.1. The van der Waals surface area contributed by atoms with Crippen LogP contribution in [0.3, 0.4) is 0 Å². The highest BCUT2D eigenvalue weighted by atomic mass is 35.5. The van der Waals surface area contributed by atoms with E-state index in [1.165, 1.54) is 18.2 Å². The Morgan fingerprint density at radius 1 is 1.03 bits per heavy atom. The van der Waals surface area contributed by atoms with Gasteiger partial charge in [-0.25, -0.2) is 15.0 Å². The number of rotatable bonds is 3. The topological polar surface area (TPSA) is 51.1 Å². The van der Waals surface area contributed by atoms with Gasteiger partial charge in [-0.3, -0.25) is 0 Å². The molecular formula is C21H20Cl2N4OS. The number of aromatic nitrogens is 3. The SMILES string of the molecule is Clc1cccc(Sc2cnc3nc(N4CCC5(CCOC5)CC4)ccc3n2)c1Cl. The predicted molar refractivity (Wildman–Crippen MR) is 117 cm³/mol. The zero-order chi connectivity index (χ0) is 19.8. The van der Waals surface area contributed by atoms with Gasteiger partial charge >= 0.3 is 0 Å². The lowest BCUT2D eigenvalue weighted by Gasteiger charge is -2.38. The Balaban J connectivity index is 1.34. The Morgan fingerprint density at radius 3 is 2.69 bits per heavy atom. The van der Waals surface area contributed by atoms with E-state index >= 15 is 0 Å². The largest absolute Gasteiger partial charge is 0.381 e. The van der Waals surface area contributed by atoms with Crippen LogP contribution < -0.4 is 4.90 Å². The Hall–Kier alpha value is -1.60. The summed E-state index contributed by atoms with van der Waals surface area (Å²) >= 11 is 13.8. The number of pyridine rings is 1. The molecule has 0 radical (unpaired) electrons. The van der Waals surface area contributed by atoms with E-state index in [4.69, 9.17) is 32.9 Å². The highest BCUT2D eigenvalue weighted by molar-refractivity contribution is 7.99. The summed E-state index contributed by atoms with van der Waals surface area (Å²) in [6, 6.07) is 9.61. The van der Waals surface area contributed by atoms with Crippen molar-refractivity contribution in [2.24, 2.45) is 5.41 Å². The van der Waals surface area contributed by atoms with Gasteiger partial charge in [0.1, 0.15) is 16.4 Å². The molecule has 29 heavy (non-hydrogen) atoms. The third kappa shape index (κ3) is 3.91. The molecule has 4 heterocycles. The third-order valence-electron chi connectivity index (χ3n) is 5.83. The van der Waals surface area contributed by atoms with Crippen LogP contribution in [0.4, 0.5) is 5.82 Å². The minimum Gasteiger partial charge on any atom is -0.381 e. The van der Waals surface area contributed by atoms with Crippen LogP contribution in [0.5, 0.6) is 0 Å². The molecule has 2 aromatic heterocycles. The van der Waals surface area contributed by atoms with Crippen molar-refractivity contribution in [1.29, 1.82) is 0 Å². The second-order valence-electron chi connectivity index (χ2n) is 7.66. The van der Waals surface area contributed by atoms with Crippen LogP contribution >= 0.6 is 35.0 Å². The maximum atomic E-state index is 6.29. The molecule has 2 saturated heterocycles. The minimum atomic E-state index is 0.390. The number of benzene rings is 1. The molecule has 0 unspecified atom stereocenters. The lowest BCUT2D eigenvalue weighted by atomic mass is 9.78. The number of hydrogen-bond acceptors (Lipinski definition) is 6. The summed E-state index contributed by atoms with van der Waals surface area (Å²) in [7, 11) is 0. The van der Waals surface area contributed by atoms with Gasteiger partial charge in [-0.1, -0.05) is 41.0 Å². The van der Waals surface area contributed by atoms with Crippen LogP contribution in [0.2, 0.25) is 10.0 Å². The van der Waals surface area contributed by atoms with Crippen molar-refractivity contribution in [2.75, 3.05) is 31.2 Å². The average molecular weight is 447 g/mol. The maximum absolute atomic E-state index is 6.29. The maximum Gasteiger partial charge on any atom is 0.180 e. The highest BCUT2D eigenvalue weighted by Gasteiger charge is 2.38. The van der Waals surface area contributed by atoms with E-state index in [1.807, 2.05) is 24.3 Å². The number of fused-ring (bicyclic) bond motifs is 1. The van der Waals surface area contributed by atoms with E-state index in [1.54, 1.807) is 12.3 Å². The number of piperidine rings is 1. The van der Waals surface area contributed by atoms with Gasteiger partial charge < -0.3 is 9.64 Å². The zero-order valence-electron chi connectivity index (χ0n) is 15.8. The van der Waals surface area contributed by atoms with E-state index in [2.05, 4.69) is 14.9 Å². The lowest BCUT2D eigenvalue weighted by molar-refractivity contribution is 0.133. The molecule has 2 fully saturated rings. The summed E-state index contributed by atoms with van der Waals surface area (Å²) in [5.74, 6) is 0.971. The second-order valence-corrected chi connectivity index (χ2v) is 9.51. The van der Waals surface area contributed by atoms with Crippen molar-refractivity contribution in [3.63, 3.8) is 0 Å². The number of nitrogens with zero attached hydrogens (tertiary/aromatic N) is 4. The van der Waals surface area contributed by atoms with E-state index in [0.29, 0.717) is 21.1 Å². The quantitative estimate of drug-likeness (QED) is 0.529. The Bertz CT molecular complexity index is 1050. The normalized spacial score (nSPS) is 18.6. The van der Waals surface area contributed by atoms with Gasteiger partial charge in [0.15, 0.2) is 5.65 Å². The van der Waals surface area contributed by atoms with E-state index in [9.17, 15) is 0 Å². The molecule has 150 valence electrons. The van der Waals surface area contributed by atoms with Crippen molar-refractivity contribution in [3.8, 4) is 0 Å². The van der Waals surface area contributed by atoms with Crippen molar-refractivity contribution in [3.05, 3.63) is 46.6 Å². The fraction of sp³-hybridized carbons (Fsp3) is 0.381. The molecule has 1 spiro atoms. The molecule has 3 aromatic rings. The molecule has 0 saturated carbocycles. The summed E-state index contributed by atoms with van der Waals surface area (Å²) in [5, 5.41) is 1.83. The first kappa shape index (κ1) is 19.4. The van der Waals surface area contributed by atoms with Crippen LogP contribution in [0, 0.1) is 5.41 Å². The van der Waals surface area contributed by atoms with Gasteiger partial charge in [-0.05, 0) is 48.9 Å². The molecule has 5 rings (SSSR count). The van der Waals surface area contributed by atoms with Gasteiger partial charge in [0.2, 0.25) is 0 Å². The van der Waals surface area contributed by atoms with E-state index < -0.39 is 0 Å². The molecule has 0 amide bonds. The number of ether oxygens (including phenoxy) is 1. The average Bonchev–Trinajstić information content (AvgIpc) is 3.19. The van der Waals surface area contributed by atoms with Gasteiger partial charge in [0, 0.05) is 24.6 Å². The Kier molecular flexibility index (Phi) is 5.28. The Labute approximate surface area is 183 Å². The lowest BCUT2D eigenvalue weighted by Crippen LogP contribution is -2.40. The summed E-state index contributed by atoms with van der Waals surface area (Å²) in [6.45, 7) is 3.84. The van der Waals surface area contributed by atoms with E-state index in [0.717, 1.165) is 60.4 Å². The molecule has 0 N–H and O–H groups in total. The fourth-order valence-electron chi connectivity index (χ4n) is 4.03. The smallest absolute Gasteiger partial charge is 0.180 e. The number of anilines is 1. The molecule has 5 nitrogen and oxygen atoms in total. The summed E-state index contributed by atoms with van der Waals surface area (Å²) in [4.78, 5) is 17.2. The molecule has 0 bridgehead atoms. The minimum absolute atomic E-state index is 0.390. The molecule has 8 heteroatoms. The van der Waals surface area contributed by atoms with Crippen molar-refractivity contribution in [2.45, 2.75) is 29.2 Å². The summed E-state index contributed by atoms with van der Waals surface area (Å²) in [6.07, 6.45) is 5.25. The molecule has 2 aliphatic heterocycles. The second kappa shape index (κ2) is 7.91. The van der Waals surface area contributed by atoms with Crippen LogP contribution in [0.25, 0.3) is 11.2 Å². The fourth-order valence-corrected chi connectivity index (χ4v) is 5.33. The standard InChI is InChI=1S/C21H20Cl2N4OS/c22-14-2-1-3-16(19(14)23)29-18-12-24-20-15(25-18)4-5-17(26-20)27-9-6-21(7-10-27)8-11-28-13-21/h1-5,12H,6-11,13H2. The van der Waals surface area contributed by atoms with Crippen molar-refractivity contribution >= 4 is 51.9 Å². The predicted octanol–water partition coefficient (Wildman–Crippen LogP) is 5.49. The highest BCUT2D eigenvalue weighted by Crippen LogP contribution is 2.40. The van der Waals surface area contributed by atoms with Crippen LogP contribution in [-0.4, -0.2) is 41.3 Å². The van der Waals surface area contributed by atoms with E-state index in [-0.39, 0.29) is 0 Å². The third-order valence-corrected chi connectivity index (χ3v) is 7.73. The van der Waals surface area contributed by atoms with Gasteiger partial charge in [0.25, 0.3) is 0 Å². The first-order valence-electron chi connectivity index (χ1n) is 9.70. The van der Waals surface area contributed by atoms with Crippen LogP contribution in [0.1, 0.15) is 19.3 Å². The Morgan fingerprint density at radius 2 is 1.90 bits per heavy atom. The molecule has 1 aromatic carbocycles. The number of halogens is 2. The molecule has 0 atom stereocenters. The molecular weight excluding hydrogens is 427 g/mol. The molecule has 0 aliphatic carbocycles. The van der Waals surface area contributed by atoms with Crippen molar-refractivity contribution in [1.82, 2.24) is 15.0 Å². The first-order valence-corrected chi connectivity index (χ1v) is 11.3.